The number of carbonyl (C=O) groups is 1. The molecule has 1 heterocycles. The number of furan rings is 1. The molecular formula is C7H7ClO3. The van der Waals surface area contributed by atoms with Crippen molar-refractivity contribution in [2.75, 3.05) is 0 Å². The highest BCUT2D eigenvalue weighted by Gasteiger charge is 2.04. The van der Waals surface area contributed by atoms with Gasteiger partial charge in [-0.3, -0.25) is 4.79 Å². The molecule has 0 aliphatic carbocycles. The van der Waals surface area contributed by atoms with E-state index in [-0.39, 0.29) is 12.3 Å². The van der Waals surface area contributed by atoms with Crippen molar-refractivity contribution in [2.24, 2.45) is 0 Å². The van der Waals surface area contributed by atoms with Gasteiger partial charge < -0.3 is 9.52 Å². The van der Waals surface area contributed by atoms with E-state index < -0.39 is 5.97 Å². The molecular weight excluding hydrogens is 168 g/mol. The molecule has 60 valence electrons. The Balaban J connectivity index is 2.65. The molecule has 1 rings (SSSR count). The van der Waals surface area contributed by atoms with Crippen LogP contribution in [0.15, 0.2) is 16.5 Å². The van der Waals surface area contributed by atoms with E-state index in [9.17, 15) is 4.79 Å². The molecule has 0 unspecified atom stereocenters. The summed E-state index contributed by atoms with van der Waals surface area (Å²) in [6.07, 6.45) is -0.0864. The third-order valence-corrected chi connectivity index (χ3v) is 1.44. The number of rotatable bonds is 3. The second-order valence-electron chi connectivity index (χ2n) is 2.07. The summed E-state index contributed by atoms with van der Waals surface area (Å²) in [5.41, 5.74) is 0. The van der Waals surface area contributed by atoms with Gasteiger partial charge in [-0.2, -0.15) is 0 Å². The third kappa shape index (κ3) is 2.27. The van der Waals surface area contributed by atoms with Crippen LogP contribution in [0.3, 0.4) is 0 Å². The predicted octanol–water partition coefficient (Wildman–Crippen LogP) is 1.65. The minimum atomic E-state index is -0.902. The molecule has 0 bridgehead atoms. The highest BCUT2D eigenvalue weighted by Crippen LogP contribution is 2.10. The molecule has 0 atom stereocenters. The summed E-state index contributed by atoms with van der Waals surface area (Å²) in [5, 5.41) is 8.36. The Kier molecular flexibility index (Phi) is 2.54. The summed E-state index contributed by atoms with van der Waals surface area (Å²) < 4.78 is 5.03. The number of aliphatic carboxylic acids is 1. The Bertz CT molecular complexity index is 254. The molecule has 4 heteroatoms. The van der Waals surface area contributed by atoms with Crippen LogP contribution in [0.4, 0.5) is 0 Å². The highest BCUT2D eigenvalue weighted by molar-refractivity contribution is 6.16. The first kappa shape index (κ1) is 8.14. The van der Waals surface area contributed by atoms with Gasteiger partial charge in [0.1, 0.15) is 17.9 Å². The van der Waals surface area contributed by atoms with Crippen LogP contribution in [-0.4, -0.2) is 11.1 Å². The van der Waals surface area contributed by atoms with Crippen LogP contribution < -0.4 is 0 Å². The number of halogens is 1. The normalized spacial score (nSPS) is 9.91. The number of carboxylic acids is 1. The average Bonchev–Trinajstić information content (AvgIpc) is 2.34. The lowest BCUT2D eigenvalue weighted by molar-refractivity contribution is -0.136. The monoisotopic (exact) mass is 174 g/mol. The maximum atomic E-state index is 10.2. The van der Waals surface area contributed by atoms with Crippen molar-refractivity contribution < 1.29 is 14.3 Å². The van der Waals surface area contributed by atoms with E-state index in [2.05, 4.69) is 0 Å². The molecule has 0 saturated heterocycles. The zero-order valence-electron chi connectivity index (χ0n) is 5.71. The van der Waals surface area contributed by atoms with E-state index in [0.717, 1.165) is 0 Å². The fraction of sp³-hybridized carbons (Fsp3) is 0.286. The first-order valence-electron chi connectivity index (χ1n) is 3.07. The average molecular weight is 175 g/mol. The molecule has 11 heavy (non-hydrogen) atoms. The second-order valence-corrected chi connectivity index (χ2v) is 2.34. The first-order chi connectivity index (χ1) is 5.22. The van der Waals surface area contributed by atoms with Gasteiger partial charge in [-0.15, -0.1) is 11.6 Å². The Hall–Kier alpha value is -0.960. The topological polar surface area (TPSA) is 50.4 Å². The fourth-order valence-electron chi connectivity index (χ4n) is 0.738. The van der Waals surface area contributed by atoms with Crippen molar-refractivity contribution in [2.45, 2.75) is 12.3 Å². The van der Waals surface area contributed by atoms with Gasteiger partial charge in [0.15, 0.2) is 0 Å². The maximum Gasteiger partial charge on any atom is 0.311 e. The van der Waals surface area contributed by atoms with Crippen molar-refractivity contribution in [3.8, 4) is 0 Å². The molecule has 1 N–H and O–H groups in total. The van der Waals surface area contributed by atoms with Gasteiger partial charge in [-0.05, 0) is 12.1 Å². The maximum absolute atomic E-state index is 10.2. The summed E-state index contributed by atoms with van der Waals surface area (Å²) in [6, 6.07) is 3.29. The van der Waals surface area contributed by atoms with Gasteiger partial charge >= 0.3 is 5.97 Å². The summed E-state index contributed by atoms with van der Waals surface area (Å²) in [5.74, 6) is 0.413. The summed E-state index contributed by atoms with van der Waals surface area (Å²) >= 11 is 5.44. The summed E-state index contributed by atoms with van der Waals surface area (Å²) in [7, 11) is 0. The van der Waals surface area contributed by atoms with Crippen LogP contribution in [0.5, 0.6) is 0 Å². The van der Waals surface area contributed by atoms with Crippen LogP contribution in [-0.2, 0) is 17.1 Å². The predicted molar refractivity (Wildman–Crippen MR) is 39.6 cm³/mol. The van der Waals surface area contributed by atoms with Gasteiger partial charge in [0.05, 0.1) is 5.88 Å². The van der Waals surface area contributed by atoms with Crippen LogP contribution in [0.1, 0.15) is 11.5 Å². The van der Waals surface area contributed by atoms with E-state index in [0.29, 0.717) is 11.5 Å². The summed E-state index contributed by atoms with van der Waals surface area (Å²) in [4.78, 5) is 10.2. The smallest absolute Gasteiger partial charge is 0.311 e. The van der Waals surface area contributed by atoms with E-state index in [1.165, 1.54) is 0 Å². The lowest BCUT2D eigenvalue weighted by Gasteiger charge is -1.88. The molecule has 0 amide bonds. The van der Waals surface area contributed by atoms with Gasteiger partial charge in [-0.25, -0.2) is 0 Å². The quantitative estimate of drug-likeness (QED) is 0.709. The van der Waals surface area contributed by atoms with Gasteiger partial charge in [0.25, 0.3) is 0 Å². The van der Waals surface area contributed by atoms with Crippen molar-refractivity contribution in [3.63, 3.8) is 0 Å². The molecule has 1 aromatic rings. The van der Waals surface area contributed by atoms with Crippen LogP contribution in [0.25, 0.3) is 0 Å². The van der Waals surface area contributed by atoms with Gasteiger partial charge in [0, 0.05) is 0 Å². The van der Waals surface area contributed by atoms with Gasteiger partial charge in [-0.1, -0.05) is 0 Å². The van der Waals surface area contributed by atoms with Crippen LogP contribution >= 0.6 is 11.6 Å². The Morgan fingerprint density at radius 3 is 2.64 bits per heavy atom. The van der Waals surface area contributed by atoms with E-state index in [1.54, 1.807) is 12.1 Å². The van der Waals surface area contributed by atoms with Crippen molar-refractivity contribution >= 4 is 17.6 Å². The van der Waals surface area contributed by atoms with Gasteiger partial charge in [0.2, 0.25) is 0 Å². The van der Waals surface area contributed by atoms with Crippen LogP contribution in [0, 0.1) is 0 Å². The highest BCUT2D eigenvalue weighted by atomic mass is 35.5. The zero-order valence-corrected chi connectivity index (χ0v) is 6.47. The number of hydrogen-bond acceptors (Lipinski definition) is 2. The Morgan fingerprint density at radius 1 is 1.55 bits per heavy atom. The lowest BCUT2D eigenvalue weighted by atomic mass is 10.3. The van der Waals surface area contributed by atoms with Crippen molar-refractivity contribution in [3.05, 3.63) is 23.7 Å². The van der Waals surface area contributed by atoms with E-state index in [4.69, 9.17) is 21.1 Å². The van der Waals surface area contributed by atoms with E-state index >= 15 is 0 Å². The minimum absolute atomic E-state index is 0.0864. The molecule has 0 radical (unpaired) electrons. The zero-order chi connectivity index (χ0) is 8.27. The molecule has 0 aliphatic rings. The largest absolute Gasteiger partial charge is 0.481 e. The molecule has 0 fully saturated rings. The van der Waals surface area contributed by atoms with Crippen molar-refractivity contribution in [1.29, 1.82) is 0 Å². The number of alkyl halides is 1. The fourth-order valence-corrected chi connectivity index (χ4v) is 0.882. The van der Waals surface area contributed by atoms with Crippen molar-refractivity contribution in [1.82, 2.24) is 0 Å². The molecule has 0 saturated carbocycles. The number of carboxylic acid groups (broad SMARTS) is 1. The van der Waals surface area contributed by atoms with Crippen LogP contribution in [0.2, 0.25) is 0 Å². The molecule has 0 aliphatic heterocycles. The standard InChI is InChI=1S/C7H7ClO3/c8-4-6-2-1-5(11-6)3-7(9)10/h1-2H,3-4H2,(H,9,10). The summed E-state index contributed by atoms with van der Waals surface area (Å²) in [6.45, 7) is 0. The Labute approximate surface area is 68.6 Å². The third-order valence-electron chi connectivity index (χ3n) is 1.17. The number of hydrogen-bond donors (Lipinski definition) is 1. The lowest BCUT2D eigenvalue weighted by Crippen LogP contribution is -1.97. The molecule has 0 aromatic carbocycles. The molecule has 0 spiro atoms. The SMILES string of the molecule is O=C(O)Cc1ccc(CCl)o1. The first-order valence-corrected chi connectivity index (χ1v) is 3.61. The minimum Gasteiger partial charge on any atom is -0.481 e. The van der Waals surface area contributed by atoms with E-state index in [1.807, 2.05) is 0 Å². The molecule has 1 aromatic heterocycles. The second kappa shape index (κ2) is 3.44. The molecule has 3 nitrogen and oxygen atoms in total. The Morgan fingerprint density at radius 2 is 2.18 bits per heavy atom.